The summed E-state index contributed by atoms with van der Waals surface area (Å²) in [6, 6.07) is -0.609. The van der Waals surface area contributed by atoms with Crippen LogP contribution in [0.1, 0.15) is 45.4 Å². The number of amides is 1. The fourth-order valence-corrected chi connectivity index (χ4v) is 5.42. The lowest BCUT2D eigenvalue weighted by molar-refractivity contribution is -0.121. The maximum absolute atomic E-state index is 12.3. The van der Waals surface area contributed by atoms with Gasteiger partial charge in [-0.25, -0.2) is 8.42 Å². The average molecular weight is 274 g/mol. The van der Waals surface area contributed by atoms with E-state index < -0.39 is 22.0 Å². The van der Waals surface area contributed by atoms with Crippen molar-refractivity contribution in [3.63, 3.8) is 0 Å². The van der Waals surface area contributed by atoms with E-state index in [2.05, 4.69) is 0 Å². The Bertz CT molecular complexity index is 421. The fraction of sp³-hybridized carbons (Fsp3) is 0.917. The van der Waals surface area contributed by atoms with Crippen molar-refractivity contribution in [2.75, 3.05) is 5.75 Å². The van der Waals surface area contributed by atoms with E-state index in [4.69, 9.17) is 5.73 Å². The molecule has 5 nitrogen and oxygen atoms in total. The Hall–Kier alpha value is -0.620. The number of sulfonamides is 1. The van der Waals surface area contributed by atoms with Crippen molar-refractivity contribution in [2.45, 2.75) is 57.5 Å². The number of rotatable bonds is 4. The zero-order chi connectivity index (χ0) is 13.3. The van der Waals surface area contributed by atoms with Crippen LogP contribution in [0.2, 0.25) is 0 Å². The summed E-state index contributed by atoms with van der Waals surface area (Å²) in [5.41, 5.74) is 5.39. The van der Waals surface area contributed by atoms with Gasteiger partial charge in [0.2, 0.25) is 15.9 Å². The van der Waals surface area contributed by atoms with Crippen molar-refractivity contribution in [1.29, 1.82) is 0 Å². The summed E-state index contributed by atoms with van der Waals surface area (Å²) in [5.74, 6) is -0.0630. The van der Waals surface area contributed by atoms with Crippen LogP contribution in [-0.4, -0.2) is 36.5 Å². The van der Waals surface area contributed by atoms with Gasteiger partial charge in [0, 0.05) is 6.04 Å². The second-order valence-electron chi connectivity index (χ2n) is 5.41. The van der Waals surface area contributed by atoms with E-state index in [1.807, 2.05) is 6.92 Å². The van der Waals surface area contributed by atoms with Crippen LogP contribution in [0, 0.1) is 5.92 Å². The van der Waals surface area contributed by atoms with Crippen LogP contribution in [0.3, 0.4) is 0 Å². The van der Waals surface area contributed by atoms with Crippen molar-refractivity contribution in [3.8, 4) is 0 Å². The van der Waals surface area contributed by atoms with Gasteiger partial charge in [-0.15, -0.1) is 0 Å². The minimum Gasteiger partial charge on any atom is -0.368 e. The Balaban J connectivity index is 2.30. The first-order valence-corrected chi connectivity index (χ1v) is 8.39. The third kappa shape index (κ3) is 2.40. The smallest absolute Gasteiger partial charge is 0.235 e. The van der Waals surface area contributed by atoms with Gasteiger partial charge in [-0.2, -0.15) is 4.31 Å². The van der Waals surface area contributed by atoms with E-state index in [0.29, 0.717) is 18.8 Å². The molecule has 2 aliphatic rings. The number of nitrogens with two attached hydrogens (primary N) is 1. The molecule has 2 fully saturated rings. The third-order valence-corrected chi connectivity index (χ3v) is 6.23. The summed E-state index contributed by atoms with van der Waals surface area (Å²) >= 11 is 0. The zero-order valence-corrected chi connectivity index (χ0v) is 11.7. The molecule has 1 saturated carbocycles. The highest BCUT2D eigenvalue weighted by atomic mass is 32.2. The second kappa shape index (κ2) is 5.17. The summed E-state index contributed by atoms with van der Waals surface area (Å²) < 4.78 is 26.1. The molecule has 0 aromatic heterocycles. The first-order chi connectivity index (χ1) is 8.47. The molecule has 3 atom stereocenters. The molecule has 0 spiro atoms. The Morgan fingerprint density at radius 2 is 2.00 bits per heavy atom. The van der Waals surface area contributed by atoms with Crippen molar-refractivity contribution in [2.24, 2.45) is 11.7 Å². The molecule has 0 unspecified atom stereocenters. The molecule has 0 aromatic rings. The second-order valence-corrected chi connectivity index (χ2v) is 7.41. The molecule has 18 heavy (non-hydrogen) atoms. The minimum atomic E-state index is -3.34. The molecular weight excluding hydrogens is 252 g/mol. The molecule has 1 amide bonds. The summed E-state index contributed by atoms with van der Waals surface area (Å²) in [6.07, 6.45) is 5.26. The molecule has 1 aliphatic carbocycles. The van der Waals surface area contributed by atoms with Gasteiger partial charge in [0.1, 0.15) is 6.04 Å². The van der Waals surface area contributed by atoms with Crippen LogP contribution in [0.4, 0.5) is 0 Å². The molecule has 1 heterocycles. The summed E-state index contributed by atoms with van der Waals surface area (Å²) in [4.78, 5) is 11.5. The highest BCUT2D eigenvalue weighted by Gasteiger charge is 2.49. The monoisotopic (exact) mass is 274 g/mol. The van der Waals surface area contributed by atoms with Gasteiger partial charge >= 0.3 is 0 Å². The van der Waals surface area contributed by atoms with Crippen LogP contribution in [0.25, 0.3) is 0 Å². The largest absolute Gasteiger partial charge is 0.368 e. The van der Waals surface area contributed by atoms with Gasteiger partial charge in [0.05, 0.1) is 5.75 Å². The van der Waals surface area contributed by atoms with Crippen LogP contribution in [0.5, 0.6) is 0 Å². The predicted molar refractivity (Wildman–Crippen MR) is 69.3 cm³/mol. The third-order valence-electron chi connectivity index (χ3n) is 4.14. The lowest BCUT2D eigenvalue weighted by Crippen LogP contribution is -2.48. The highest BCUT2D eigenvalue weighted by Crippen LogP contribution is 2.41. The number of nitrogens with zero attached hydrogens (tertiary/aromatic N) is 1. The Labute approximate surface area is 109 Å². The first kappa shape index (κ1) is 13.8. The first-order valence-electron chi connectivity index (χ1n) is 6.78. The van der Waals surface area contributed by atoms with Gasteiger partial charge < -0.3 is 5.73 Å². The zero-order valence-electron chi connectivity index (χ0n) is 10.8. The molecule has 0 bridgehead atoms. The number of fused-ring (bicyclic) bond motifs is 1. The molecule has 1 saturated heterocycles. The summed E-state index contributed by atoms with van der Waals surface area (Å²) in [5, 5.41) is 0. The van der Waals surface area contributed by atoms with Crippen LogP contribution in [0.15, 0.2) is 0 Å². The number of carbonyl (C=O) groups excluding carboxylic acids is 1. The molecule has 0 aromatic carbocycles. The Morgan fingerprint density at radius 1 is 1.33 bits per heavy atom. The van der Waals surface area contributed by atoms with Crippen molar-refractivity contribution < 1.29 is 13.2 Å². The van der Waals surface area contributed by atoms with E-state index in [0.717, 1.165) is 25.7 Å². The molecule has 2 rings (SSSR count). The quantitative estimate of drug-likeness (QED) is 0.825. The number of carbonyl (C=O) groups is 1. The topological polar surface area (TPSA) is 80.5 Å². The number of hydrogen-bond acceptors (Lipinski definition) is 3. The average Bonchev–Trinajstić information content (AvgIpc) is 2.68. The van der Waals surface area contributed by atoms with Crippen LogP contribution >= 0.6 is 0 Å². The molecule has 0 radical (unpaired) electrons. The predicted octanol–water partition coefficient (Wildman–Crippen LogP) is 0.845. The molecule has 6 heteroatoms. The van der Waals surface area contributed by atoms with Gasteiger partial charge in [-0.1, -0.05) is 19.8 Å². The van der Waals surface area contributed by atoms with Crippen molar-refractivity contribution >= 4 is 15.9 Å². The molecule has 104 valence electrons. The van der Waals surface area contributed by atoms with Crippen molar-refractivity contribution in [1.82, 2.24) is 4.31 Å². The van der Waals surface area contributed by atoms with E-state index >= 15 is 0 Å². The molecule has 2 N–H and O–H groups in total. The van der Waals surface area contributed by atoms with E-state index in [-0.39, 0.29) is 11.8 Å². The lowest BCUT2D eigenvalue weighted by Gasteiger charge is -2.32. The van der Waals surface area contributed by atoms with Gasteiger partial charge in [0.15, 0.2) is 0 Å². The summed E-state index contributed by atoms with van der Waals surface area (Å²) in [6.45, 7) is 1.84. The van der Waals surface area contributed by atoms with Gasteiger partial charge in [-0.05, 0) is 31.6 Å². The number of hydrogen-bond donors (Lipinski definition) is 1. The Morgan fingerprint density at radius 3 is 2.61 bits per heavy atom. The van der Waals surface area contributed by atoms with Gasteiger partial charge in [0.25, 0.3) is 0 Å². The highest BCUT2D eigenvalue weighted by molar-refractivity contribution is 7.89. The number of primary amides is 1. The van der Waals surface area contributed by atoms with E-state index in [9.17, 15) is 13.2 Å². The fourth-order valence-electron chi connectivity index (χ4n) is 3.42. The van der Waals surface area contributed by atoms with Crippen LogP contribution in [-0.2, 0) is 14.8 Å². The van der Waals surface area contributed by atoms with E-state index in [1.165, 1.54) is 4.31 Å². The maximum Gasteiger partial charge on any atom is 0.235 e. The van der Waals surface area contributed by atoms with Crippen molar-refractivity contribution in [3.05, 3.63) is 0 Å². The van der Waals surface area contributed by atoms with E-state index in [1.54, 1.807) is 0 Å². The van der Waals surface area contributed by atoms with Gasteiger partial charge in [-0.3, -0.25) is 4.79 Å². The molecule has 1 aliphatic heterocycles. The maximum atomic E-state index is 12.3. The van der Waals surface area contributed by atoms with Crippen LogP contribution < -0.4 is 5.73 Å². The lowest BCUT2D eigenvalue weighted by atomic mass is 9.85. The molecular formula is C12H22N2O3S. The Kier molecular flexibility index (Phi) is 3.96. The minimum absolute atomic E-state index is 0.00722. The SMILES string of the molecule is CCCS(=O)(=O)N1[C@@H]2CCCC[C@H]2C[C@H]1C(N)=O. The standard InChI is InChI=1S/C12H22N2O3S/c1-2-7-18(16,17)14-10-6-4-3-5-9(10)8-11(14)12(13)15/h9-11H,2-8H2,1H3,(H2,13,15)/t9-,10+,11-/m0/s1. The summed E-state index contributed by atoms with van der Waals surface area (Å²) in [7, 11) is -3.34. The normalized spacial score (nSPS) is 33.3.